The average Bonchev–Trinajstić information content (AvgIpc) is 1.50. The number of carbonyl (C=O) groups is 2. The van der Waals surface area contributed by atoms with Crippen molar-refractivity contribution in [1.82, 2.24) is 0 Å². The molecule has 0 fully saturated rings. The topological polar surface area (TPSA) is 129 Å². The van der Waals surface area contributed by atoms with E-state index in [9.17, 15) is 30.6 Å². The largest absolute Gasteiger partial charge is 0.289 e. The number of nitrogens with zero attached hydrogens (tertiary/aromatic N) is 4. The molecule has 4 heterocycles. The Bertz CT molecular complexity index is 5450. The maximum Gasteiger partial charge on any atom is 0.194 e. The van der Waals surface area contributed by atoms with Gasteiger partial charge in [0, 0.05) is 72.9 Å². The molecule has 0 saturated carbocycles. The van der Waals surface area contributed by atoms with Gasteiger partial charge in [0.05, 0.1) is 15.5 Å². The highest BCUT2D eigenvalue weighted by Gasteiger charge is 2.53. The van der Waals surface area contributed by atoms with Gasteiger partial charge < -0.3 is 0 Å². The van der Waals surface area contributed by atoms with E-state index in [1.165, 1.54) is 58.8 Å². The maximum atomic E-state index is 14.1. The first-order valence-corrected chi connectivity index (χ1v) is 33.3. The first kappa shape index (κ1) is 56.3. The van der Waals surface area contributed by atoms with Crippen molar-refractivity contribution >= 4 is 89.6 Å². The van der Waals surface area contributed by atoms with Crippen LogP contribution in [0, 0.1) is 73.0 Å². The lowest BCUT2D eigenvalue weighted by atomic mass is 9.65. The van der Waals surface area contributed by atoms with Crippen molar-refractivity contribution in [2.45, 2.75) is 38.5 Å². The Kier molecular flexibility index (Phi) is 13.1. The van der Waals surface area contributed by atoms with Gasteiger partial charge in [-0.25, -0.2) is 0 Å². The number of benzene rings is 8. The van der Waals surface area contributed by atoms with Gasteiger partial charge in [0.25, 0.3) is 0 Å². The number of hydrogen-bond donors (Lipinski definition) is 0. The Morgan fingerprint density at radius 2 is 0.804 bits per heavy atom. The molecule has 6 nitrogen and oxygen atoms in total. The lowest BCUT2D eigenvalue weighted by molar-refractivity contribution is 0.103. The molecule has 10 heteroatoms. The molecule has 4 aliphatic rings. The molecule has 4 aliphatic carbocycles. The van der Waals surface area contributed by atoms with E-state index in [-0.39, 0.29) is 22.7 Å². The second kappa shape index (κ2) is 21.4. The molecule has 0 spiro atoms. The van der Waals surface area contributed by atoms with Crippen LogP contribution in [-0.2, 0) is 10.8 Å². The number of nitriles is 4. The van der Waals surface area contributed by atoms with Crippen molar-refractivity contribution in [2.24, 2.45) is 0 Å². The van der Waals surface area contributed by atoms with Gasteiger partial charge >= 0.3 is 0 Å². The molecule has 92 heavy (non-hydrogen) atoms. The predicted octanol–water partition coefficient (Wildman–Crippen LogP) is 20.5. The Morgan fingerprint density at radius 3 is 1.29 bits per heavy atom. The predicted molar refractivity (Wildman–Crippen MR) is 374 cm³/mol. The summed E-state index contributed by atoms with van der Waals surface area (Å²) in [6, 6.07) is 81.6. The standard InChI is InChI=1S/C82H48N4O2S4/c1-45-13-22-52(23-14-45)81(53-24-15-46(2)16-25-53)67-35-49(70-33-30-56(89-70)36-65-74(50(41-83)42-84)59-9-5-7-11-61(59)77(65)87)21-32-58(67)63-38-69-64(39-68(63)81)79-76(82(69,54-26-17-47(3)18-27-54)55-28-19-48(4)20-29-55)80-73(92-79)40-72(91-80)71-34-31-57(90-71)37-66-75(51(43-85)44-86)60-10-6-8-12-62(60)78(66)88/h5-40H,1-4H3/b65-36-,66-37-. The summed E-state index contributed by atoms with van der Waals surface area (Å²) in [6.07, 6.45) is 3.68. The monoisotopic (exact) mass is 1250 g/mol. The molecular weight excluding hydrogens is 1200 g/mol. The normalized spacial score (nSPS) is 15.1. The Hall–Kier alpha value is -10.9. The second-order valence-corrected chi connectivity index (χ2v) is 28.3. The maximum absolute atomic E-state index is 14.1. The Morgan fingerprint density at radius 1 is 0.380 bits per heavy atom. The number of Topliss-reactive ketones (excluding diaryl/α,β-unsaturated/α-hetero) is 2. The van der Waals surface area contributed by atoms with Crippen LogP contribution in [0.15, 0.2) is 229 Å². The molecule has 432 valence electrons. The van der Waals surface area contributed by atoms with E-state index in [0.29, 0.717) is 44.5 Å². The number of aryl methyl sites for hydroxylation is 4. The second-order valence-electron chi connectivity index (χ2n) is 24.0. The molecular formula is C82H48N4O2S4. The van der Waals surface area contributed by atoms with Crippen molar-refractivity contribution in [3.63, 3.8) is 0 Å². The number of fused-ring (bicyclic) bond motifs is 10. The van der Waals surface area contributed by atoms with Crippen molar-refractivity contribution in [3.8, 4) is 66.0 Å². The number of rotatable bonds is 8. The highest BCUT2D eigenvalue weighted by atomic mass is 32.1. The summed E-state index contributed by atoms with van der Waals surface area (Å²) >= 11 is 6.82. The van der Waals surface area contributed by atoms with E-state index < -0.39 is 10.8 Å². The van der Waals surface area contributed by atoms with E-state index in [2.05, 4.69) is 198 Å². The van der Waals surface area contributed by atoms with E-state index in [0.717, 1.165) is 68.9 Å². The molecule has 0 saturated heterocycles. The molecule has 0 unspecified atom stereocenters. The third kappa shape index (κ3) is 8.23. The van der Waals surface area contributed by atoms with E-state index in [4.69, 9.17) is 0 Å². The summed E-state index contributed by atoms with van der Waals surface area (Å²) in [5, 5.41) is 40.4. The van der Waals surface area contributed by atoms with Crippen LogP contribution >= 0.6 is 45.3 Å². The fraction of sp³-hybridized carbons (Fsp3) is 0.0732. The third-order valence-electron chi connectivity index (χ3n) is 18.8. The minimum atomic E-state index is -0.785. The van der Waals surface area contributed by atoms with Crippen LogP contribution in [-0.4, -0.2) is 11.6 Å². The van der Waals surface area contributed by atoms with Gasteiger partial charge in [-0.2, -0.15) is 21.0 Å². The van der Waals surface area contributed by atoms with Crippen LogP contribution < -0.4 is 0 Å². The lowest BCUT2D eigenvalue weighted by Crippen LogP contribution is -2.30. The molecule has 0 N–H and O–H groups in total. The highest BCUT2D eigenvalue weighted by Crippen LogP contribution is 2.67. The first-order valence-electron chi connectivity index (χ1n) is 30.1. The van der Waals surface area contributed by atoms with Gasteiger partial charge in [-0.1, -0.05) is 180 Å². The van der Waals surface area contributed by atoms with Gasteiger partial charge in [0.15, 0.2) is 11.6 Å². The van der Waals surface area contributed by atoms with Gasteiger partial charge in [-0.15, -0.1) is 45.3 Å². The molecule has 0 bridgehead atoms. The Balaban J connectivity index is 0.905. The van der Waals surface area contributed by atoms with Gasteiger partial charge in [0.2, 0.25) is 0 Å². The third-order valence-corrected chi connectivity index (χ3v) is 23.6. The van der Waals surface area contributed by atoms with Gasteiger partial charge in [0.1, 0.15) is 35.4 Å². The highest BCUT2D eigenvalue weighted by molar-refractivity contribution is 7.33. The molecule has 0 aliphatic heterocycles. The summed E-state index contributed by atoms with van der Waals surface area (Å²) in [6.45, 7) is 8.57. The van der Waals surface area contributed by atoms with Crippen molar-refractivity contribution in [1.29, 1.82) is 21.0 Å². The van der Waals surface area contributed by atoms with Crippen molar-refractivity contribution in [3.05, 3.63) is 327 Å². The number of ketones is 2. The minimum Gasteiger partial charge on any atom is -0.289 e. The zero-order valence-electron chi connectivity index (χ0n) is 50.0. The molecule has 12 aromatic rings. The van der Waals surface area contributed by atoms with Crippen LogP contribution in [0.25, 0.3) is 74.5 Å². The summed E-state index contributed by atoms with van der Waals surface area (Å²) in [5.41, 5.74) is 20.6. The van der Waals surface area contributed by atoms with Gasteiger partial charge in [-0.05, 0) is 161 Å². The molecule has 8 aromatic carbocycles. The molecule has 0 amide bonds. The average molecular weight is 1250 g/mol. The zero-order valence-corrected chi connectivity index (χ0v) is 53.3. The van der Waals surface area contributed by atoms with E-state index >= 15 is 0 Å². The smallest absolute Gasteiger partial charge is 0.194 e. The molecule has 16 rings (SSSR count). The molecule has 4 aromatic heterocycles. The first-order chi connectivity index (χ1) is 44.8. The van der Waals surface area contributed by atoms with E-state index in [1.807, 2.05) is 47.8 Å². The van der Waals surface area contributed by atoms with Crippen LogP contribution in [0.3, 0.4) is 0 Å². The lowest BCUT2D eigenvalue weighted by Gasteiger charge is -2.36. The summed E-state index contributed by atoms with van der Waals surface area (Å²) in [7, 11) is 0. The number of allylic oxidation sites excluding steroid dienone is 6. The van der Waals surface area contributed by atoms with Crippen molar-refractivity contribution in [2.75, 3.05) is 0 Å². The summed E-state index contributed by atoms with van der Waals surface area (Å²) in [5.74, 6) is -0.406. The number of carbonyl (C=O) groups excluding carboxylic acids is 2. The fourth-order valence-electron chi connectivity index (χ4n) is 14.6. The van der Waals surface area contributed by atoms with Crippen LogP contribution in [0.5, 0.6) is 0 Å². The van der Waals surface area contributed by atoms with E-state index in [1.54, 1.807) is 70.4 Å². The minimum absolute atomic E-state index is 0.0840. The summed E-state index contributed by atoms with van der Waals surface area (Å²) in [4.78, 5) is 34.2. The van der Waals surface area contributed by atoms with Crippen LogP contribution in [0.4, 0.5) is 0 Å². The summed E-state index contributed by atoms with van der Waals surface area (Å²) < 4.78 is 2.40. The zero-order chi connectivity index (χ0) is 62.9. The molecule has 0 radical (unpaired) electrons. The molecule has 0 atom stereocenters. The van der Waals surface area contributed by atoms with Gasteiger partial charge in [-0.3, -0.25) is 9.59 Å². The van der Waals surface area contributed by atoms with Crippen molar-refractivity contribution < 1.29 is 9.59 Å². The SMILES string of the molecule is Cc1ccc(C2(c3ccc(C)cc3)c3cc(-c4ccc(/C=C5\C(=O)c6ccccc6C5=C(C#N)C#N)s4)ccc3-c3cc4c(cc32)-c2sc3cc(-c5ccc(/C=C6\C(=O)c7ccccc7C6=C(C#N)C#N)s5)sc3c2C4(c2ccc(C)cc2)c2ccc(C)cc2)cc1. The quantitative estimate of drug-likeness (QED) is 0.110. The van der Waals surface area contributed by atoms with Crippen LogP contribution in [0.2, 0.25) is 0 Å². The number of thiophene rings is 4. The Labute approximate surface area is 548 Å². The fourth-order valence-corrected chi connectivity index (χ4v) is 19.3. The number of hydrogen-bond acceptors (Lipinski definition) is 10. The van der Waals surface area contributed by atoms with Crippen LogP contribution in [0.1, 0.15) is 108 Å².